The summed E-state index contributed by atoms with van der Waals surface area (Å²) in [6, 6.07) is 10.5. The summed E-state index contributed by atoms with van der Waals surface area (Å²) in [5, 5.41) is 9.99. The minimum atomic E-state index is -0.202. The van der Waals surface area contributed by atoms with Crippen LogP contribution in [0.5, 0.6) is 5.75 Å². The van der Waals surface area contributed by atoms with E-state index in [1.54, 1.807) is 17.0 Å². The molecule has 5 heteroatoms. The average Bonchev–Trinajstić information content (AvgIpc) is 2.46. The van der Waals surface area contributed by atoms with Crippen LogP contribution in [0.2, 0.25) is 0 Å². The molecule has 2 aromatic carbocycles. The van der Waals surface area contributed by atoms with Crippen molar-refractivity contribution in [3.8, 4) is 5.75 Å². The van der Waals surface area contributed by atoms with Crippen LogP contribution in [-0.4, -0.2) is 17.6 Å². The molecule has 21 heavy (non-hydrogen) atoms. The fraction of sp³-hybridized carbons (Fsp3) is 0.188. The van der Waals surface area contributed by atoms with Gasteiger partial charge >= 0.3 is 0 Å². The molecule has 2 aromatic rings. The standard InChI is InChI=1S/C16H15BrN2O2/c17-11-4-6-13(15(20)8-11)16(21)19-7-1-2-10-3-5-12(18)9-14(10)19/h3-6,8-9,20H,1-2,7,18H2. The smallest absolute Gasteiger partial charge is 0.262 e. The van der Waals surface area contributed by atoms with Crippen molar-refractivity contribution >= 4 is 33.2 Å². The van der Waals surface area contributed by atoms with Gasteiger partial charge < -0.3 is 15.7 Å². The van der Waals surface area contributed by atoms with E-state index in [0.717, 1.165) is 28.6 Å². The number of carbonyl (C=O) groups excluding carboxylic acids is 1. The van der Waals surface area contributed by atoms with Gasteiger partial charge in [-0.2, -0.15) is 0 Å². The third kappa shape index (κ3) is 2.61. The van der Waals surface area contributed by atoms with Crippen LogP contribution in [0.25, 0.3) is 0 Å². The van der Waals surface area contributed by atoms with E-state index in [2.05, 4.69) is 15.9 Å². The van der Waals surface area contributed by atoms with Crippen molar-refractivity contribution < 1.29 is 9.90 Å². The molecule has 1 aliphatic rings. The monoisotopic (exact) mass is 346 g/mol. The second-order valence-electron chi connectivity index (χ2n) is 5.11. The van der Waals surface area contributed by atoms with Crippen LogP contribution in [0.15, 0.2) is 40.9 Å². The maximum absolute atomic E-state index is 12.7. The normalized spacial score (nSPS) is 13.9. The number of anilines is 2. The molecule has 0 atom stereocenters. The number of amides is 1. The Balaban J connectivity index is 2.02. The molecule has 0 saturated heterocycles. The summed E-state index contributed by atoms with van der Waals surface area (Å²) in [6.45, 7) is 0.630. The van der Waals surface area contributed by atoms with Crippen LogP contribution in [0.3, 0.4) is 0 Å². The third-order valence-corrected chi connectivity index (χ3v) is 4.16. The first kappa shape index (κ1) is 13.9. The lowest BCUT2D eigenvalue weighted by Crippen LogP contribution is -2.35. The molecule has 0 unspecified atom stereocenters. The lowest BCUT2D eigenvalue weighted by atomic mass is 10.00. The summed E-state index contributed by atoms with van der Waals surface area (Å²) in [7, 11) is 0. The zero-order chi connectivity index (χ0) is 15.0. The van der Waals surface area contributed by atoms with Crippen LogP contribution < -0.4 is 10.6 Å². The number of halogens is 1. The van der Waals surface area contributed by atoms with E-state index < -0.39 is 0 Å². The van der Waals surface area contributed by atoms with Gasteiger partial charge in [-0.25, -0.2) is 0 Å². The van der Waals surface area contributed by atoms with Gasteiger partial charge in [0.1, 0.15) is 5.75 Å². The first-order valence-corrected chi connectivity index (χ1v) is 7.54. The molecule has 1 amide bonds. The highest BCUT2D eigenvalue weighted by Gasteiger charge is 2.25. The number of fused-ring (bicyclic) bond motifs is 1. The molecule has 1 aliphatic heterocycles. The Bertz CT molecular complexity index is 715. The molecule has 0 bridgehead atoms. The van der Waals surface area contributed by atoms with E-state index in [1.165, 1.54) is 6.07 Å². The summed E-state index contributed by atoms with van der Waals surface area (Å²) in [6.07, 6.45) is 1.84. The summed E-state index contributed by atoms with van der Waals surface area (Å²) in [5.41, 5.74) is 8.72. The second-order valence-corrected chi connectivity index (χ2v) is 6.03. The van der Waals surface area contributed by atoms with Crippen molar-refractivity contribution in [3.05, 3.63) is 52.0 Å². The third-order valence-electron chi connectivity index (χ3n) is 3.66. The first-order chi connectivity index (χ1) is 10.1. The number of nitrogens with two attached hydrogens (primary N) is 1. The Morgan fingerprint density at radius 2 is 2.05 bits per heavy atom. The predicted octanol–water partition coefficient (Wildman–Crippen LogP) is 3.33. The zero-order valence-electron chi connectivity index (χ0n) is 11.3. The molecule has 0 spiro atoms. The Labute approximate surface area is 131 Å². The van der Waals surface area contributed by atoms with Gasteiger partial charge in [0.2, 0.25) is 0 Å². The van der Waals surface area contributed by atoms with Gasteiger partial charge in [-0.1, -0.05) is 22.0 Å². The Morgan fingerprint density at radius 3 is 2.81 bits per heavy atom. The zero-order valence-corrected chi connectivity index (χ0v) is 12.9. The molecule has 0 aromatic heterocycles. The Kier molecular flexibility index (Phi) is 3.59. The SMILES string of the molecule is Nc1ccc2c(c1)N(C(=O)c1ccc(Br)cc1O)CCC2. The van der Waals surface area contributed by atoms with Crippen LogP contribution in [0, 0.1) is 0 Å². The van der Waals surface area contributed by atoms with Gasteiger partial charge in [-0.3, -0.25) is 4.79 Å². The number of hydrogen-bond donors (Lipinski definition) is 2. The quantitative estimate of drug-likeness (QED) is 0.778. The molecule has 4 nitrogen and oxygen atoms in total. The lowest BCUT2D eigenvalue weighted by Gasteiger charge is -2.30. The minimum Gasteiger partial charge on any atom is -0.507 e. The fourth-order valence-corrected chi connectivity index (χ4v) is 2.98. The van der Waals surface area contributed by atoms with Crippen molar-refractivity contribution in [2.24, 2.45) is 0 Å². The number of hydrogen-bond acceptors (Lipinski definition) is 3. The van der Waals surface area contributed by atoms with Crippen LogP contribution in [0.4, 0.5) is 11.4 Å². The predicted molar refractivity (Wildman–Crippen MR) is 86.7 cm³/mol. The maximum Gasteiger partial charge on any atom is 0.262 e. The number of benzene rings is 2. The molecule has 108 valence electrons. The molecule has 0 radical (unpaired) electrons. The molecular weight excluding hydrogens is 332 g/mol. The van der Waals surface area contributed by atoms with E-state index in [1.807, 2.05) is 18.2 Å². The van der Waals surface area contributed by atoms with E-state index >= 15 is 0 Å². The number of carbonyl (C=O) groups is 1. The molecule has 3 rings (SSSR count). The summed E-state index contributed by atoms with van der Waals surface area (Å²) in [5.74, 6) is -0.225. The van der Waals surface area contributed by atoms with E-state index in [-0.39, 0.29) is 11.7 Å². The number of phenolic OH excluding ortho intramolecular Hbond substituents is 1. The first-order valence-electron chi connectivity index (χ1n) is 6.75. The average molecular weight is 347 g/mol. The molecular formula is C16H15BrN2O2. The van der Waals surface area contributed by atoms with E-state index in [9.17, 15) is 9.90 Å². The van der Waals surface area contributed by atoms with Gasteiger partial charge in [-0.15, -0.1) is 0 Å². The van der Waals surface area contributed by atoms with Gasteiger partial charge in [-0.05, 0) is 48.7 Å². The number of rotatable bonds is 1. The fourth-order valence-electron chi connectivity index (χ4n) is 2.63. The highest BCUT2D eigenvalue weighted by molar-refractivity contribution is 9.10. The van der Waals surface area contributed by atoms with Crippen LogP contribution in [0.1, 0.15) is 22.3 Å². The van der Waals surface area contributed by atoms with Crippen molar-refractivity contribution in [1.29, 1.82) is 0 Å². The van der Waals surface area contributed by atoms with Crippen molar-refractivity contribution in [1.82, 2.24) is 0 Å². The lowest BCUT2D eigenvalue weighted by molar-refractivity contribution is 0.0982. The van der Waals surface area contributed by atoms with Gasteiger partial charge in [0.15, 0.2) is 0 Å². The van der Waals surface area contributed by atoms with Crippen molar-refractivity contribution in [3.63, 3.8) is 0 Å². The highest BCUT2D eigenvalue weighted by atomic mass is 79.9. The largest absolute Gasteiger partial charge is 0.507 e. The molecule has 1 heterocycles. The number of phenols is 1. The number of nitrogens with zero attached hydrogens (tertiary/aromatic N) is 1. The summed E-state index contributed by atoms with van der Waals surface area (Å²) in [4.78, 5) is 14.4. The molecule has 0 aliphatic carbocycles. The maximum atomic E-state index is 12.7. The molecule has 0 fully saturated rings. The second kappa shape index (κ2) is 5.41. The molecule has 3 N–H and O–H groups in total. The van der Waals surface area contributed by atoms with Crippen molar-refractivity contribution in [2.45, 2.75) is 12.8 Å². The van der Waals surface area contributed by atoms with Crippen molar-refractivity contribution in [2.75, 3.05) is 17.2 Å². The van der Waals surface area contributed by atoms with Gasteiger partial charge in [0.05, 0.1) is 5.56 Å². The van der Waals surface area contributed by atoms with E-state index in [4.69, 9.17) is 5.73 Å². The summed E-state index contributed by atoms with van der Waals surface area (Å²) >= 11 is 3.28. The number of aryl methyl sites for hydroxylation is 1. The van der Waals surface area contributed by atoms with Gasteiger partial charge in [0, 0.05) is 22.4 Å². The Morgan fingerprint density at radius 1 is 1.24 bits per heavy atom. The topological polar surface area (TPSA) is 66.6 Å². The number of aromatic hydroxyl groups is 1. The van der Waals surface area contributed by atoms with Gasteiger partial charge in [0.25, 0.3) is 5.91 Å². The number of nitrogen functional groups attached to an aromatic ring is 1. The van der Waals surface area contributed by atoms with Crippen LogP contribution >= 0.6 is 15.9 Å². The minimum absolute atomic E-state index is 0.0228. The Hall–Kier alpha value is -2.01. The van der Waals surface area contributed by atoms with Crippen LogP contribution in [-0.2, 0) is 6.42 Å². The highest BCUT2D eigenvalue weighted by Crippen LogP contribution is 2.32. The summed E-state index contributed by atoms with van der Waals surface area (Å²) < 4.78 is 0.736. The molecule has 0 saturated carbocycles. The van der Waals surface area contributed by atoms with E-state index in [0.29, 0.717) is 17.8 Å².